The summed E-state index contributed by atoms with van der Waals surface area (Å²) in [5.74, 6) is -0.628. The molecule has 1 heterocycles. The minimum absolute atomic E-state index is 0.0875. The van der Waals surface area contributed by atoms with Gasteiger partial charge in [-0.1, -0.05) is 50.3 Å². The van der Waals surface area contributed by atoms with Crippen molar-refractivity contribution in [3.8, 4) is 0 Å². The van der Waals surface area contributed by atoms with E-state index in [4.69, 9.17) is 9.47 Å². The molecule has 0 amide bonds. The van der Waals surface area contributed by atoms with Crippen molar-refractivity contribution >= 4 is 18.0 Å². The van der Waals surface area contributed by atoms with Crippen LogP contribution < -0.4 is 5.32 Å². The summed E-state index contributed by atoms with van der Waals surface area (Å²) in [5, 5.41) is 3.08. The number of rotatable bonds is 12. The molecule has 0 aliphatic carbocycles. The highest BCUT2D eigenvalue weighted by Crippen LogP contribution is 2.08. The zero-order chi connectivity index (χ0) is 22.5. The maximum Gasteiger partial charge on any atom is 0.330 e. The lowest BCUT2D eigenvalue weighted by Crippen LogP contribution is -2.42. The van der Waals surface area contributed by atoms with Crippen molar-refractivity contribution in [3.05, 3.63) is 72.3 Å². The Hall–Kier alpha value is -3.19. The number of carbonyl (C=O) groups excluding carboxylic acids is 2. The highest BCUT2D eigenvalue weighted by molar-refractivity contribution is 5.82. The number of hydrogen-bond acceptors (Lipinski definition) is 6. The van der Waals surface area contributed by atoms with E-state index in [-0.39, 0.29) is 18.5 Å². The molecule has 2 rings (SSSR count). The fraction of sp³-hybridized carbons (Fsp3) is 0.375. The fourth-order valence-electron chi connectivity index (χ4n) is 2.86. The maximum absolute atomic E-state index is 11.9. The van der Waals surface area contributed by atoms with Gasteiger partial charge in [0, 0.05) is 31.6 Å². The van der Waals surface area contributed by atoms with Gasteiger partial charge in [0.1, 0.15) is 12.6 Å². The van der Waals surface area contributed by atoms with Crippen LogP contribution in [0.1, 0.15) is 31.9 Å². The Kier molecular flexibility index (Phi) is 10.2. The molecule has 0 unspecified atom stereocenters. The summed E-state index contributed by atoms with van der Waals surface area (Å²) in [6.45, 7) is 7.33. The van der Waals surface area contributed by atoms with Gasteiger partial charge in [-0.15, -0.1) is 0 Å². The highest BCUT2D eigenvalue weighted by atomic mass is 16.5. The number of benzene rings is 1. The van der Waals surface area contributed by atoms with E-state index in [0.29, 0.717) is 13.2 Å². The molecular formula is C24H31N3O4. The lowest BCUT2D eigenvalue weighted by atomic mass is 10.0. The van der Waals surface area contributed by atoms with E-state index >= 15 is 0 Å². The summed E-state index contributed by atoms with van der Waals surface area (Å²) in [6.07, 6.45) is 12.2. The minimum atomic E-state index is -0.431. The van der Waals surface area contributed by atoms with Crippen molar-refractivity contribution in [1.82, 2.24) is 14.9 Å². The van der Waals surface area contributed by atoms with Gasteiger partial charge in [0.05, 0.1) is 12.9 Å². The lowest BCUT2D eigenvalue weighted by Gasteiger charge is -2.19. The molecule has 2 aromatic rings. The monoisotopic (exact) mass is 425 g/mol. The average molecular weight is 426 g/mol. The molecule has 0 aliphatic heterocycles. The van der Waals surface area contributed by atoms with Gasteiger partial charge in [-0.2, -0.15) is 0 Å². The van der Waals surface area contributed by atoms with E-state index in [1.165, 1.54) is 11.6 Å². The first-order valence-corrected chi connectivity index (χ1v) is 10.4. The average Bonchev–Trinajstić information content (AvgIpc) is 3.25. The zero-order valence-corrected chi connectivity index (χ0v) is 18.4. The normalized spacial score (nSPS) is 12.5. The summed E-state index contributed by atoms with van der Waals surface area (Å²) in [6, 6.07) is 7.75. The Bertz CT molecular complexity index is 855. The molecule has 7 heteroatoms. The topological polar surface area (TPSA) is 82.5 Å². The van der Waals surface area contributed by atoms with Crippen LogP contribution in [0.5, 0.6) is 0 Å². The molecule has 1 N–H and O–H groups in total. The number of hydrogen-bond donors (Lipinski definition) is 1. The van der Waals surface area contributed by atoms with E-state index in [9.17, 15) is 9.59 Å². The van der Waals surface area contributed by atoms with Crippen molar-refractivity contribution in [2.24, 2.45) is 5.92 Å². The first-order chi connectivity index (χ1) is 15.0. The van der Waals surface area contributed by atoms with E-state index in [1.54, 1.807) is 31.6 Å². The molecule has 166 valence electrons. The zero-order valence-electron chi connectivity index (χ0n) is 18.4. The molecule has 1 aromatic carbocycles. The van der Waals surface area contributed by atoms with E-state index < -0.39 is 12.0 Å². The van der Waals surface area contributed by atoms with Crippen LogP contribution in [-0.4, -0.2) is 47.3 Å². The van der Waals surface area contributed by atoms with Gasteiger partial charge in [0.25, 0.3) is 0 Å². The Balaban J connectivity index is 1.68. The van der Waals surface area contributed by atoms with Crippen LogP contribution in [0.15, 0.2) is 61.2 Å². The predicted octanol–water partition coefficient (Wildman–Crippen LogP) is 3.22. The van der Waals surface area contributed by atoms with Crippen LogP contribution in [0.2, 0.25) is 0 Å². The van der Waals surface area contributed by atoms with Crippen LogP contribution >= 0.6 is 0 Å². The molecule has 31 heavy (non-hydrogen) atoms. The fourth-order valence-corrected chi connectivity index (χ4v) is 2.86. The van der Waals surface area contributed by atoms with Gasteiger partial charge < -0.3 is 19.4 Å². The van der Waals surface area contributed by atoms with Crippen molar-refractivity contribution < 1.29 is 19.1 Å². The van der Waals surface area contributed by atoms with Crippen molar-refractivity contribution in [3.63, 3.8) is 0 Å². The predicted molar refractivity (Wildman–Crippen MR) is 120 cm³/mol. The van der Waals surface area contributed by atoms with Gasteiger partial charge in [0.2, 0.25) is 0 Å². The highest BCUT2D eigenvalue weighted by Gasteiger charge is 2.21. The largest absolute Gasteiger partial charge is 0.465 e. The molecular weight excluding hydrogens is 394 g/mol. The van der Waals surface area contributed by atoms with Crippen molar-refractivity contribution in [1.29, 1.82) is 0 Å². The Morgan fingerprint density at radius 1 is 1.16 bits per heavy atom. The summed E-state index contributed by atoms with van der Waals surface area (Å²) in [5.41, 5.74) is 2.21. The molecule has 7 nitrogen and oxygen atoms in total. The summed E-state index contributed by atoms with van der Waals surface area (Å²) >= 11 is 0. The number of carbonyl (C=O) groups is 2. The second-order valence-electron chi connectivity index (χ2n) is 7.29. The molecule has 0 bridgehead atoms. The first-order valence-electron chi connectivity index (χ1n) is 10.4. The first kappa shape index (κ1) is 24.1. The van der Waals surface area contributed by atoms with E-state index in [2.05, 4.69) is 22.4 Å². The molecule has 1 atom stereocenters. The third-order valence-corrected chi connectivity index (χ3v) is 4.45. The molecule has 0 saturated heterocycles. The Morgan fingerprint density at radius 3 is 2.58 bits per heavy atom. The Morgan fingerprint density at radius 2 is 1.94 bits per heavy atom. The smallest absolute Gasteiger partial charge is 0.330 e. The van der Waals surface area contributed by atoms with Crippen LogP contribution in [-0.2, 0) is 25.6 Å². The summed E-state index contributed by atoms with van der Waals surface area (Å²) in [7, 11) is 0. The lowest BCUT2D eigenvalue weighted by molar-refractivity contribution is -0.146. The summed E-state index contributed by atoms with van der Waals surface area (Å²) < 4.78 is 12.2. The van der Waals surface area contributed by atoms with Gasteiger partial charge in [-0.3, -0.25) is 4.79 Å². The third-order valence-electron chi connectivity index (χ3n) is 4.45. The second-order valence-corrected chi connectivity index (χ2v) is 7.29. The van der Waals surface area contributed by atoms with Crippen LogP contribution in [0.4, 0.5) is 0 Å². The third kappa shape index (κ3) is 9.00. The molecule has 0 radical (unpaired) electrons. The van der Waals surface area contributed by atoms with Crippen LogP contribution in [0, 0.1) is 5.92 Å². The molecule has 1 aromatic heterocycles. The van der Waals surface area contributed by atoms with Gasteiger partial charge in [0.15, 0.2) is 0 Å². The summed E-state index contributed by atoms with van der Waals surface area (Å²) in [4.78, 5) is 27.7. The second kappa shape index (κ2) is 13.2. The number of nitrogens with zero attached hydrogens (tertiary/aromatic N) is 2. The molecule has 0 spiro atoms. The van der Waals surface area contributed by atoms with Crippen LogP contribution in [0.25, 0.3) is 6.08 Å². The number of ether oxygens (including phenoxy) is 2. The number of imidazole rings is 1. The maximum atomic E-state index is 11.9. The number of nitrogens with one attached hydrogen (secondary N) is 1. The molecule has 0 aliphatic rings. The van der Waals surface area contributed by atoms with Gasteiger partial charge in [-0.05, 0) is 30.0 Å². The molecule has 0 fully saturated rings. The number of esters is 2. The minimum Gasteiger partial charge on any atom is -0.465 e. The van der Waals surface area contributed by atoms with Gasteiger partial charge >= 0.3 is 11.9 Å². The molecule has 0 saturated carbocycles. The van der Waals surface area contributed by atoms with E-state index in [0.717, 1.165) is 12.1 Å². The van der Waals surface area contributed by atoms with Crippen LogP contribution in [0.3, 0.4) is 0 Å². The standard InChI is InChI=1S/C24H31N3O4/c1-4-30-24(29)23(19(2)3)26-13-5-8-22(28)31-16-6-7-20-9-11-21(12-10-20)17-27-15-14-25-18-27/h5-12,14-15,18-19,23,26H,4,13,16-17H2,1-3H3/t23-/m1/s1. The Labute approximate surface area is 183 Å². The van der Waals surface area contributed by atoms with Crippen molar-refractivity contribution in [2.75, 3.05) is 19.8 Å². The quantitative estimate of drug-likeness (QED) is 0.415. The van der Waals surface area contributed by atoms with Gasteiger partial charge in [-0.25, -0.2) is 9.78 Å². The number of aromatic nitrogens is 2. The van der Waals surface area contributed by atoms with E-state index in [1.807, 2.05) is 42.8 Å². The SMILES string of the molecule is CCOC(=O)[C@H](NCC=CC(=O)OCC=Cc1ccc(Cn2ccnc2)cc1)C(C)C. The van der Waals surface area contributed by atoms with Crippen molar-refractivity contribution in [2.45, 2.75) is 33.4 Å².